The van der Waals surface area contributed by atoms with Crippen molar-refractivity contribution < 1.29 is 0 Å². The summed E-state index contributed by atoms with van der Waals surface area (Å²) in [5.41, 5.74) is 0. The van der Waals surface area contributed by atoms with Crippen LogP contribution in [0.3, 0.4) is 0 Å². The molecule has 1 aliphatic rings. The van der Waals surface area contributed by atoms with Crippen molar-refractivity contribution in [3.63, 3.8) is 0 Å². The molecule has 0 aromatic heterocycles. The molecule has 6 heavy (non-hydrogen) atoms. The molecular formula is C4H7BP. The van der Waals surface area contributed by atoms with E-state index >= 15 is 0 Å². The Morgan fingerprint density at radius 2 is 2.33 bits per heavy atom. The van der Waals surface area contributed by atoms with Gasteiger partial charge in [0.25, 0.3) is 0 Å². The lowest BCUT2D eigenvalue weighted by molar-refractivity contribution is 1.05. The molecule has 0 amide bonds. The molecule has 0 N–H and O–H groups in total. The van der Waals surface area contributed by atoms with Crippen LogP contribution >= 0.6 is 8.20 Å². The van der Waals surface area contributed by atoms with Gasteiger partial charge in [0, 0.05) is 8.41 Å². The summed E-state index contributed by atoms with van der Waals surface area (Å²) in [5.74, 6) is 2.33. The number of hydrogen-bond donors (Lipinski definition) is 0. The van der Waals surface area contributed by atoms with Crippen molar-refractivity contribution >= 4 is 22.4 Å². The standard InChI is InChI=1S/C4H7P.B/c1-2-4-5-3-1;/h3H,1-2,4H2;. The molecule has 0 aromatic carbocycles. The molecule has 3 radical (unpaired) electrons. The Balaban J connectivity index is 0.000000250. The zero-order valence-corrected chi connectivity index (χ0v) is 4.62. The van der Waals surface area contributed by atoms with Gasteiger partial charge in [0.2, 0.25) is 0 Å². The highest BCUT2D eigenvalue weighted by Gasteiger charge is 1.85. The first-order chi connectivity index (χ1) is 2.50. The Morgan fingerprint density at radius 3 is 2.50 bits per heavy atom. The van der Waals surface area contributed by atoms with E-state index in [2.05, 4.69) is 5.80 Å². The summed E-state index contributed by atoms with van der Waals surface area (Å²) < 4.78 is 0. The molecule has 2 heteroatoms. The van der Waals surface area contributed by atoms with E-state index in [1.165, 1.54) is 19.0 Å². The molecule has 0 nitrogen and oxygen atoms in total. The summed E-state index contributed by atoms with van der Waals surface area (Å²) in [6, 6.07) is 0. The molecule has 0 fully saturated rings. The minimum Gasteiger partial charge on any atom is -0.109 e. The largest absolute Gasteiger partial charge is 0.109 e. The highest BCUT2D eigenvalue weighted by atomic mass is 31.1. The molecule has 0 bridgehead atoms. The fraction of sp³-hybridized carbons (Fsp3) is 0.750. The van der Waals surface area contributed by atoms with Crippen LogP contribution in [0, 0.1) is 0 Å². The summed E-state index contributed by atoms with van der Waals surface area (Å²) in [4.78, 5) is 0. The Morgan fingerprint density at radius 1 is 1.50 bits per heavy atom. The fourth-order valence-corrected chi connectivity index (χ4v) is 1.37. The van der Waals surface area contributed by atoms with Crippen LogP contribution in [-0.4, -0.2) is 20.4 Å². The van der Waals surface area contributed by atoms with Crippen molar-refractivity contribution in [3.05, 3.63) is 0 Å². The third-order valence-corrected chi connectivity index (χ3v) is 1.84. The van der Waals surface area contributed by atoms with Crippen molar-refractivity contribution in [3.8, 4) is 0 Å². The maximum absolute atomic E-state index is 2.33. The second-order valence-corrected chi connectivity index (χ2v) is 2.41. The van der Waals surface area contributed by atoms with Gasteiger partial charge in [0.15, 0.2) is 0 Å². The molecule has 0 aromatic rings. The van der Waals surface area contributed by atoms with Crippen LogP contribution in [0.1, 0.15) is 12.8 Å². The predicted octanol–water partition coefficient (Wildman–Crippen LogP) is 1.15. The van der Waals surface area contributed by atoms with Gasteiger partial charge in [0.1, 0.15) is 0 Å². The van der Waals surface area contributed by atoms with Gasteiger partial charge in [-0.05, 0) is 19.0 Å². The van der Waals surface area contributed by atoms with Crippen molar-refractivity contribution in [2.24, 2.45) is 0 Å². The maximum atomic E-state index is 2.33. The van der Waals surface area contributed by atoms with Gasteiger partial charge in [-0.15, -0.1) is 8.20 Å². The molecule has 1 rings (SSSR count). The third kappa shape index (κ3) is 1.62. The normalized spacial score (nSPS) is 20.0. The van der Waals surface area contributed by atoms with Gasteiger partial charge in [-0.25, -0.2) is 0 Å². The highest BCUT2D eigenvalue weighted by molar-refractivity contribution is 7.38. The van der Waals surface area contributed by atoms with E-state index in [0.29, 0.717) is 0 Å². The Labute approximate surface area is 42.3 Å². The Bertz CT molecular complexity index is 45.5. The lowest BCUT2D eigenvalue weighted by Gasteiger charge is -1.68. The molecule has 1 heterocycles. The molecule has 0 spiro atoms. The second kappa shape index (κ2) is 3.43. The zero-order valence-electron chi connectivity index (χ0n) is 3.72. The molecular weight excluding hydrogens is 89.8 g/mol. The second-order valence-electron chi connectivity index (χ2n) is 1.23. The minimum absolute atomic E-state index is 0. The Kier molecular flexibility index (Phi) is 3.56. The zero-order chi connectivity index (χ0) is 3.54. The van der Waals surface area contributed by atoms with E-state index in [0.717, 1.165) is 0 Å². The summed E-state index contributed by atoms with van der Waals surface area (Å²) in [6.07, 6.45) is 4.21. The average Bonchev–Trinajstić information content (AvgIpc) is 1.76. The molecule has 31 valence electrons. The van der Waals surface area contributed by atoms with E-state index in [9.17, 15) is 0 Å². The quantitative estimate of drug-likeness (QED) is 0.314. The van der Waals surface area contributed by atoms with Gasteiger partial charge >= 0.3 is 0 Å². The van der Waals surface area contributed by atoms with E-state index in [-0.39, 0.29) is 8.41 Å². The summed E-state index contributed by atoms with van der Waals surface area (Å²) in [7, 11) is 1.57. The van der Waals surface area contributed by atoms with Crippen LogP contribution in [0.25, 0.3) is 0 Å². The molecule has 0 aliphatic carbocycles. The summed E-state index contributed by atoms with van der Waals surface area (Å²) in [6.45, 7) is 0. The summed E-state index contributed by atoms with van der Waals surface area (Å²) >= 11 is 0. The van der Waals surface area contributed by atoms with Crippen molar-refractivity contribution in [2.75, 3.05) is 6.16 Å². The monoisotopic (exact) mass is 97.0 g/mol. The van der Waals surface area contributed by atoms with Crippen molar-refractivity contribution in [1.29, 1.82) is 0 Å². The van der Waals surface area contributed by atoms with Crippen molar-refractivity contribution in [2.45, 2.75) is 12.8 Å². The first-order valence-electron chi connectivity index (χ1n) is 1.98. The van der Waals surface area contributed by atoms with Crippen LogP contribution in [0.5, 0.6) is 0 Å². The molecule has 0 saturated carbocycles. The third-order valence-electron chi connectivity index (χ3n) is 0.750. The lowest BCUT2D eigenvalue weighted by Crippen LogP contribution is -1.60. The smallest absolute Gasteiger partial charge is 0 e. The number of hydrogen-bond acceptors (Lipinski definition) is 0. The number of rotatable bonds is 0. The molecule has 0 saturated heterocycles. The fourth-order valence-electron chi connectivity index (χ4n) is 0.456. The van der Waals surface area contributed by atoms with E-state index in [4.69, 9.17) is 0 Å². The lowest BCUT2D eigenvalue weighted by atomic mass is 10.4. The van der Waals surface area contributed by atoms with Crippen molar-refractivity contribution in [1.82, 2.24) is 0 Å². The highest BCUT2D eigenvalue weighted by Crippen LogP contribution is 2.07. The molecule has 0 atom stereocenters. The van der Waals surface area contributed by atoms with Gasteiger partial charge in [-0.3, -0.25) is 0 Å². The Hall–Kier alpha value is 0.235. The van der Waals surface area contributed by atoms with Crippen LogP contribution in [0.4, 0.5) is 0 Å². The van der Waals surface area contributed by atoms with Crippen LogP contribution < -0.4 is 0 Å². The maximum Gasteiger partial charge on any atom is 0 e. The topological polar surface area (TPSA) is 0 Å². The average molecular weight is 96.9 g/mol. The first kappa shape index (κ1) is 6.23. The molecule has 1 aliphatic heterocycles. The van der Waals surface area contributed by atoms with Crippen LogP contribution in [0.2, 0.25) is 0 Å². The SMILES string of the molecule is C1=PCCC1.[B]. The predicted molar refractivity (Wildman–Crippen MR) is 32.8 cm³/mol. The van der Waals surface area contributed by atoms with E-state index in [1.54, 1.807) is 8.20 Å². The van der Waals surface area contributed by atoms with Crippen LogP contribution in [0.15, 0.2) is 0 Å². The van der Waals surface area contributed by atoms with Gasteiger partial charge in [0.05, 0.1) is 0 Å². The summed E-state index contributed by atoms with van der Waals surface area (Å²) in [5, 5.41) is 0. The van der Waals surface area contributed by atoms with Crippen LogP contribution in [-0.2, 0) is 0 Å². The minimum atomic E-state index is 0. The van der Waals surface area contributed by atoms with Gasteiger partial charge in [-0.1, -0.05) is 5.80 Å². The molecule has 0 unspecified atom stereocenters. The van der Waals surface area contributed by atoms with E-state index < -0.39 is 0 Å². The van der Waals surface area contributed by atoms with Gasteiger partial charge in [-0.2, -0.15) is 0 Å². The first-order valence-corrected chi connectivity index (χ1v) is 3.13. The van der Waals surface area contributed by atoms with E-state index in [1.807, 2.05) is 0 Å². The van der Waals surface area contributed by atoms with Gasteiger partial charge < -0.3 is 0 Å².